The van der Waals surface area contributed by atoms with Gasteiger partial charge in [0, 0.05) is 25.0 Å². The molecule has 4 rings (SSSR count). The second kappa shape index (κ2) is 10.3. The van der Waals surface area contributed by atoms with Crippen molar-refractivity contribution >= 4 is 22.5 Å². The first kappa shape index (κ1) is 21.9. The highest BCUT2D eigenvalue weighted by atomic mass is 16.5. The highest BCUT2D eigenvalue weighted by molar-refractivity contribution is 6.01. The Morgan fingerprint density at radius 3 is 2.53 bits per heavy atom. The summed E-state index contributed by atoms with van der Waals surface area (Å²) in [5.41, 5.74) is 1.84. The summed E-state index contributed by atoms with van der Waals surface area (Å²) >= 11 is 0. The van der Waals surface area contributed by atoms with Gasteiger partial charge >= 0.3 is 6.03 Å². The minimum atomic E-state index is -0.236. The summed E-state index contributed by atoms with van der Waals surface area (Å²) < 4.78 is 16.4. The van der Waals surface area contributed by atoms with Gasteiger partial charge in [-0.1, -0.05) is 42.5 Å². The van der Waals surface area contributed by atoms with Crippen LogP contribution in [0.2, 0.25) is 0 Å². The van der Waals surface area contributed by atoms with Crippen LogP contribution in [0.15, 0.2) is 60.7 Å². The van der Waals surface area contributed by atoms with Crippen molar-refractivity contribution in [1.29, 1.82) is 0 Å². The maximum Gasteiger partial charge on any atom is 0.319 e. The third kappa shape index (κ3) is 4.95. The lowest BCUT2D eigenvalue weighted by molar-refractivity contribution is 0.0167. The zero-order chi connectivity index (χ0) is 22.3. The average Bonchev–Trinajstić information content (AvgIpc) is 2.85. The van der Waals surface area contributed by atoms with Gasteiger partial charge in [-0.3, -0.25) is 4.90 Å². The number of nitrogens with zero attached hydrogens (tertiary/aromatic N) is 1. The molecule has 0 unspecified atom stereocenters. The van der Waals surface area contributed by atoms with E-state index in [2.05, 4.69) is 15.5 Å². The van der Waals surface area contributed by atoms with Gasteiger partial charge in [0.05, 0.1) is 39.2 Å². The first-order valence-corrected chi connectivity index (χ1v) is 10.8. The summed E-state index contributed by atoms with van der Waals surface area (Å²) in [6, 6.07) is 19.5. The highest BCUT2D eigenvalue weighted by Crippen LogP contribution is 2.32. The number of carbonyl (C=O) groups is 1. The van der Waals surface area contributed by atoms with Crippen molar-refractivity contribution in [2.24, 2.45) is 0 Å². The zero-order valence-corrected chi connectivity index (χ0v) is 18.5. The number of benzene rings is 3. The third-order valence-electron chi connectivity index (χ3n) is 5.77. The molecule has 168 valence electrons. The number of hydrogen-bond donors (Lipinski definition) is 2. The predicted molar refractivity (Wildman–Crippen MR) is 126 cm³/mol. The fourth-order valence-corrected chi connectivity index (χ4v) is 4.10. The summed E-state index contributed by atoms with van der Waals surface area (Å²) in [4.78, 5) is 15.1. The lowest BCUT2D eigenvalue weighted by Crippen LogP contribution is -2.44. The average molecular weight is 436 g/mol. The predicted octanol–water partition coefficient (Wildman–Crippen LogP) is 4.05. The summed E-state index contributed by atoms with van der Waals surface area (Å²) in [5, 5.41) is 8.14. The number of methoxy groups -OCH3 is 2. The number of carbonyl (C=O) groups excluding carboxylic acids is 1. The van der Waals surface area contributed by atoms with E-state index in [1.807, 2.05) is 60.7 Å². The topological polar surface area (TPSA) is 72.1 Å². The Morgan fingerprint density at radius 1 is 1.00 bits per heavy atom. The molecular weight excluding hydrogens is 406 g/mol. The lowest BCUT2D eigenvalue weighted by atomic mass is 10.0. The fourth-order valence-electron chi connectivity index (χ4n) is 4.10. The number of ether oxygens (including phenoxy) is 3. The summed E-state index contributed by atoms with van der Waals surface area (Å²) in [7, 11) is 3.25. The molecule has 3 aromatic rings. The van der Waals surface area contributed by atoms with Crippen LogP contribution in [-0.2, 0) is 4.74 Å². The van der Waals surface area contributed by atoms with Gasteiger partial charge in [0.15, 0.2) is 11.5 Å². The van der Waals surface area contributed by atoms with Crippen LogP contribution >= 0.6 is 0 Å². The van der Waals surface area contributed by atoms with Crippen molar-refractivity contribution in [3.05, 3.63) is 66.2 Å². The monoisotopic (exact) mass is 435 g/mol. The molecule has 0 saturated carbocycles. The number of urea groups is 1. The highest BCUT2D eigenvalue weighted by Gasteiger charge is 2.24. The number of fused-ring (bicyclic) bond motifs is 1. The van der Waals surface area contributed by atoms with E-state index in [9.17, 15) is 4.79 Å². The third-order valence-corrected chi connectivity index (χ3v) is 5.77. The largest absolute Gasteiger partial charge is 0.493 e. The normalized spacial score (nSPS) is 15.2. The molecule has 1 aliphatic rings. The number of morpholine rings is 1. The van der Waals surface area contributed by atoms with E-state index in [0.717, 1.165) is 35.1 Å². The zero-order valence-electron chi connectivity index (χ0n) is 18.5. The van der Waals surface area contributed by atoms with Crippen molar-refractivity contribution in [3.8, 4) is 11.5 Å². The molecular formula is C25H29N3O4. The van der Waals surface area contributed by atoms with Crippen molar-refractivity contribution in [2.45, 2.75) is 6.04 Å². The van der Waals surface area contributed by atoms with Crippen molar-refractivity contribution in [3.63, 3.8) is 0 Å². The number of anilines is 1. The lowest BCUT2D eigenvalue weighted by Gasteiger charge is -2.35. The van der Waals surface area contributed by atoms with E-state index >= 15 is 0 Å². The van der Waals surface area contributed by atoms with E-state index < -0.39 is 0 Å². The Balaban J connectivity index is 1.50. The first-order valence-electron chi connectivity index (χ1n) is 10.8. The molecule has 1 atom stereocenters. The number of nitrogens with one attached hydrogen (secondary N) is 2. The molecule has 1 fully saturated rings. The smallest absolute Gasteiger partial charge is 0.319 e. The molecule has 2 amide bonds. The number of hydrogen-bond acceptors (Lipinski definition) is 5. The van der Waals surface area contributed by atoms with Crippen LogP contribution in [0, 0.1) is 0 Å². The molecule has 0 aromatic heterocycles. The van der Waals surface area contributed by atoms with Gasteiger partial charge in [0.25, 0.3) is 0 Å². The second-order valence-electron chi connectivity index (χ2n) is 7.64. The molecule has 1 saturated heterocycles. The summed E-state index contributed by atoms with van der Waals surface area (Å²) in [6.07, 6.45) is 0. The van der Waals surface area contributed by atoms with Gasteiger partial charge in [-0.25, -0.2) is 4.79 Å². The van der Waals surface area contributed by atoms with Crippen LogP contribution in [0.3, 0.4) is 0 Å². The van der Waals surface area contributed by atoms with Gasteiger partial charge in [0.1, 0.15) is 0 Å². The van der Waals surface area contributed by atoms with E-state index in [1.54, 1.807) is 14.2 Å². The maximum atomic E-state index is 12.8. The molecule has 0 aliphatic carbocycles. The van der Waals surface area contributed by atoms with Crippen molar-refractivity contribution in [1.82, 2.24) is 10.2 Å². The number of rotatable bonds is 7. The first-order chi connectivity index (χ1) is 15.7. The van der Waals surface area contributed by atoms with Crippen LogP contribution in [0.25, 0.3) is 10.8 Å². The van der Waals surface area contributed by atoms with E-state index in [1.165, 1.54) is 0 Å². The number of amides is 2. The Hall–Kier alpha value is -3.29. The van der Waals surface area contributed by atoms with Gasteiger partial charge in [-0.15, -0.1) is 0 Å². The molecule has 2 N–H and O–H groups in total. The van der Waals surface area contributed by atoms with Gasteiger partial charge in [-0.05, 0) is 29.1 Å². The van der Waals surface area contributed by atoms with Crippen LogP contribution in [0.4, 0.5) is 10.5 Å². The van der Waals surface area contributed by atoms with Gasteiger partial charge < -0.3 is 24.8 Å². The standard InChI is InChI=1S/C25H29N3O4/c1-30-23-11-10-19(16-24(23)31-2)22(28-12-14-32-15-13-28)17-26-25(29)27-21-9-5-7-18-6-3-4-8-20(18)21/h3-11,16,22H,12-15,17H2,1-2H3,(H2,26,27,29)/t22-/m1/s1. The van der Waals surface area contributed by atoms with Gasteiger partial charge in [-0.2, -0.15) is 0 Å². The Bertz CT molecular complexity index is 1060. The Labute approximate surface area is 188 Å². The van der Waals surface area contributed by atoms with E-state index in [-0.39, 0.29) is 12.1 Å². The van der Waals surface area contributed by atoms with Crippen molar-refractivity contribution < 1.29 is 19.0 Å². The van der Waals surface area contributed by atoms with Crippen LogP contribution in [0.1, 0.15) is 11.6 Å². The van der Waals surface area contributed by atoms with Gasteiger partial charge in [0.2, 0.25) is 0 Å². The molecule has 0 spiro atoms. The Morgan fingerprint density at radius 2 is 1.75 bits per heavy atom. The van der Waals surface area contributed by atoms with Crippen molar-refractivity contribution in [2.75, 3.05) is 52.4 Å². The van der Waals surface area contributed by atoms with E-state index in [0.29, 0.717) is 31.3 Å². The van der Waals surface area contributed by atoms with E-state index in [4.69, 9.17) is 14.2 Å². The fraction of sp³-hybridized carbons (Fsp3) is 0.320. The summed E-state index contributed by atoms with van der Waals surface area (Å²) in [6.45, 7) is 3.39. The molecule has 32 heavy (non-hydrogen) atoms. The molecule has 7 heteroatoms. The van der Waals surface area contributed by atoms with Crippen LogP contribution in [-0.4, -0.2) is 58.0 Å². The minimum Gasteiger partial charge on any atom is -0.493 e. The minimum absolute atomic E-state index is 0.0167. The van der Waals surface area contributed by atoms with Crippen LogP contribution in [0.5, 0.6) is 11.5 Å². The van der Waals surface area contributed by atoms with Crippen LogP contribution < -0.4 is 20.1 Å². The summed E-state index contributed by atoms with van der Waals surface area (Å²) in [5.74, 6) is 1.35. The quantitative estimate of drug-likeness (QED) is 0.586. The molecule has 0 radical (unpaired) electrons. The maximum absolute atomic E-state index is 12.8. The SMILES string of the molecule is COc1ccc([C@@H](CNC(=O)Nc2cccc3ccccc23)N2CCOCC2)cc1OC. The molecule has 1 heterocycles. The Kier molecular flexibility index (Phi) is 7.09. The molecule has 0 bridgehead atoms. The molecule has 1 aliphatic heterocycles. The molecule has 7 nitrogen and oxygen atoms in total. The molecule has 3 aromatic carbocycles. The second-order valence-corrected chi connectivity index (χ2v) is 7.64.